The van der Waals surface area contributed by atoms with Gasteiger partial charge < -0.3 is 9.30 Å². The molecule has 2 fully saturated rings. The summed E-state index contributed by atoms with van der Waals surface area (Å²) in [5.74, 6) is 0. The van der Waals surface area contributed by atoms with Crippen LogP contribution in [-0.4, -0.2) is 54.9 Å². The van der Waals surface area contributed by atoms with Gasteiger partial charge in [-0.2, -0.15) is 0 Å². The van der Waals surface area contributed by atoms with Gasteiger partial charge in [0, 0.05) is 32.8 Å². The lowest BCUT2D eigenvalue weighted by Gasteiger charge is -2.31. The van der Waals surface area contributed by atoms with Crippen LogP contribution in [0.2, 0.25) is 0 Å². The number of hydrogen-bond acceptors (Lipinski definition) is 5. The number of sulfone groups is 1. The van der Waals surface area contributed by atoms with Crippen molar-refractivity contribution in [2.45, 2.75) is 93.7 Å². The molecule has 27 heavy (non-hydrogen) atoms. The van der Waals surface area contributed by atoms with E-state index in [-0.39, 0.29) is 10.4 Å². The van der Waals surface area contributed by atoms with E-state index in [4.69, 9.17) is 4.74 Å². The highest BCUT2D eigenvalue weighted by atomic mass is 32.2. The first kappa shape index (κ1) is 20.8. The molecule has 3 rings (SSSR count). The molecule has 2 aliphatic carbocycles. The van der Waals surface area contributed by atoms with Crippen LogP contribution in [0, 0.1) is 0 Å². The maximum Gasteiger partial charge on any atom is 0.228 e. The Morgan fingerprint density at radius 3 is 2.48 bits per heavy atom. The van der Waals surface area contributed by atoms with Gasteiger partial charge in [0.05, 0.1) is 17.1 Å². The van der Waals surface area contributed by atoms with Crippen molar-refractivity contribution >= 4 is 9.84 Å². The molecule has 0 amide bonds. The minimum Gasteiger partial charge on any atom is -0.385 e. The second kappa shape index (κ2) is 9.52. The second-order valence-corrected chi connectivity index (χ2v) is 10.3. The molecule has 1 aromatic rings. The fraction of sp³-hybridized carbons (Fsp3) is 0.850. The Bertz CT molecular complexity index is 689. The van der Waals surface area contributed by atoms with E-state index in [0.29, 0.717) is 19.2 Å². The molecule has 6 nitrogen and oxygen atoms in total. The van der Waals surface area contributed by atoms with Crippen LogP contribution in [0.4, 0.5) is 0 Å². The third-order valence-electron chi connectivity index (χ3n) is 6.24. The summed E-state index contributed by atoms with van der Waals surface area (Å²) in [7, 11) is 0.489. The lowest BCUT2D eigenvalue weighted by atomic mass is 9.94. The van der Waals surface area contributed by atoms with Crippen LogP contribution in [0.15, 0.2) is 11.4 Å². The quantitative estimate of drug-likeness (QED) is 0.598. The molecule has 0 unspecified atom stereocenters. The first-order chi connectivity index (χ1) is 13.0. The molecule has 0 spiro atoms. The zero-order valence-electron chi connectivity index (χ0n) is 16.9. The van der Waals surface area contributed by atoms with Gasteiger partial charge in [0.1, 0.15) is 0 Å². The number of imidazole rings is 1. The van der Waals surface area contributed by atoms with Crippen molar-refractivity contribution in [2.24, 2.45) is 0 Å². The van der Waals surface area contributed by atoms with Gasteiger partial charge in [-0.05, 0) is 39.2 Å². The van der Waals surface area contributed by atoms with Gasteiger partial charge in [-0.1, -0.05) is 32.1 Å². The number of hydrogen-bond donors (Lipinski definition) is 0. The molecule has 154 valence electrons. The van der Waals surface area contributed by atoms with E-state index in [1.165, 1.54) is 32.1 Å². The highest BCUT2D eigenvalue weighted by Crippen LogP contribution is 2.30. The third-order valence-corrected chi connectivity index (χ3v) is 8.42. The molecule has 0 atom stereocenters. The lowest BCUT2D eigenvalue weighted by Crippen LogP contribution is -2.33. The minimum absolute atomic E-state index is 0.259. The minimum atomic E-state index is -3.35. The van der Waals surface area contributed by atoms with Crippen LogP contribution in [0.1, 0.15) is 69.9 Å². The molecule has 0 radical (unpaired) electrons. The van der Waals surface area contributed by atoms with Crippen molar-refractivity contribution in [1.29, 1.82) is 0 Å². The van der Waals surface area contributed by atoms with Crippen LogP contribution in [0.5, 0.6) is 0 Å². The molecular weight excluding hydrogens is 362 g/mol. The van der Waals surface area contributed by atoms with E-state index in [9.17, 15) is 8.42 Å². The Morgan fingerprint density at radius 1 is 1.15 bits per heavy atom. The fourth-order valence-corrected chi connectivity index (χ4v) is 6.57. The Labute approximate surface area is 164 Å². The number of ether oxygens (including phenoxy) is 1. The monoisotopic (exact) mass is 397 g/mol. The molecule has 0 bridgehead atoms. The van der Waals surface area contributed by atoms with Crippen molar-refractivity contribution < 1.29 is 13.2 Å². The SMILES string of the molecule is COCCCn1c(CN(C)C2CCCCC2)cnc1S(=O)(=O)C1CCCC1. The van der Waals surface area contributed by atoms with Crippen LogP contribution in [0.25, 0.3) is 0 Å². The van der Waals surface area contributed by atoms with Crippen LogP contribution in [0.3, 0.4) is 0 Å². The highest BCUT2D eigenvalue weighted by Gasteiger charge is 2.34. The summed E-state index contributed by atoms with van der Waals surface area (Å²) in [5.41, 5.74) is 1.01. The van der Waals surface area contributed by atoms with Crippen molar-refractivity contribution in [3.63, 3.8) is 0 Å². The normalized spacial score (nSPS) is 20.0. The summed E-state index contributed by atoms with van der Waals surface area (Å²) in [4.78, 5) is 6.80. The Kier molecular flexibility index (Phi) is 7.34. The van der Waals surface area contributed by atoms with E-state index < -0.39 is 9.84 Å². The van der Waals surface area contributed by atoms with Crippen molar-refractivity contribution in [3.05, 3.63) is 11.9 Å². The summed E-state index contributed by atoms with van der Waals surface area (Å²) in [6.45, 7) is 2.02. The van der Waals surface area contributed by atoms with E-state index in [2.05, 4.69) is 16.9 Å². The van der Waals surface area contributed by atoms with Gasteiger partial charge in [-0.3, -0.25) is 4.90 Å². The predicted octanol–water partition coefficient (Wildman–Crippen LogP) is 3.40. The van der Waals surface area contributed by atoms with E-state index in [1.54, 1.807) is 13.3 Å². The predicted molar refractivity (Wildman–Crippen MR) is 107 cm³/mol. The van der Waals surface area contributed by atoms with Gasteiger partial charge in [-0.15, -0.1) is 0 Å². The molecule has 1 heterocycles. The van der Waals surface area contributed by atoms with Crippen LogP contribution < -0.4 is 0 Å². The fourth-order valence-electron chi connectivity index (χ4n) is 4.61. The molecular formula is C20H35N3O3S. The molecule has 0 aliphatic heterocycles. The standard InChI is InChI=1S/C20H35N3O3S/c1-22(17-9-4-3-5-10-17)16-18-15-21-20(23(18)13-8-14-26-2)27(24,25)19-11-6-7-12-19/h15,17,19H,3-14,16H2,1-2H3. The van der Waals surface area contributed by atoms with Gasteiger partial charge >= 0.3 is 0 Å². The largest absolute Gasteiger partial charge is 0.385 e. The van der Waals surface area contributed by atoms with E-state index >= 15 is 0 Å². The van der Waals surface area contributed by atoms with Gasteiger partial charge in [0.25, 0.3) is 0 Å². The van der Waals surface area contributed by atoms with E-state index in [1.807, 2.05) is 4.57 Å². The first-order valence-electron chi connectivity index (χ1n) is 10.5. The first-order valence-corrected chi connectivity index (χ1v) is 12.1. The van der Waals surface area contributed by atoms with Gasteiger partial charge in [0.15, 0.2) is 0 Å². The topological polar surface area (TPSA) is 64.4 Å². The van der Waals surface area contributed by atoms with Crippen LogP contribution >= 0.6 is 0 Å². The van der Waals surface area contributed by atoms with Crippen LogP contribution in [-0.2, 0) is 27.7 Å². The summed E-state index contributed by atoms with van der Waals surface area (Å²) in [6.07, 6.45) is 12.5. The summed E-state index contributed by atoms with van der Waals surface area (Å²) < 4.78 is 33.5. The summed E-state index contributed by atoms with van der Waals surface area (Å²) in [6, 6.07) is 0.593. The average Bonchev–Trinajstić information content (AvgIpc) is 3.34. The molecule has 7 heteroatoms. The number of nitrogens with zero attached hydrogens (tertiary/aromatic N) is 3. The lowest BCUT2D eigenvalue weighted by molar-refractivity contribution is 0.176. The average molecular weight is 398 g/mol. The van der Waals surface area contributed by atoms with Gasteiger partial charge in [-0.25, -0.2) is 13.4 Å². The maximum absolute atomic E-state index is 13.2. The molecule has 0 aromatic carbocycles. The highest BCUT2D eigenvalue weighted by molar-refractivity contribution is 7.91. The van der Waals surface area contributed by atoms with Crippen molar-refractivity contribution in [1.82, 2.24) is 14.5 Å². The number of methoxy groups -OCH3 is 1. The van der Waals surface area contributed by atoms with E-state index in [0.717, 1.165) is 44.3 Å². The molecule has 0 saturated heterocycles. The van der Waals surface area contributed by atoms with Gasteiger partial charge in [0.2, 0.25) is 15.0 Å². The molecule has 0 N–H and O–H groups in total. The second-order valence-electron chi connectivity index (χ2n) is 8.19. The van der Waals surface area contributed by atoms with Crippen molar-refractivity contribution in [2.75, 3.05) is 20.8 Å². The zero-order valence-corrected chi connectivity index (χ0v) is 17.7. The Balaban J connectivity index is 1.81. The number of aromatic nitrogens is 2. The third kappa shape index (κ3) is 4.93. The zero-order chi connectivity index (χ0) is 19.3. The molecule has 2 saturated carbocycles. The molecule has 1 aromatic heterocycles. The molecule has 2 aliphatic rings. The number of rotatable bonds is 9. The summed E-state index contributed by atoms with van der Waals surface area (Å²) >= 11 is 0. The smallest absolute Gasteiger partial charge is 0.228 e. The Hall–Kier alpha value is -0.920. The summed E-state index contributed by atoms with van der Waals surface area (Å²) in [5, 5.41) is 0.0162. The van der Waals surface area contributed by atoms with Crippen molar-refractivity contribution in [3.8, 4) is 0 Å². The maximum atomic E-state index is 13.2. The Morgan fingerprint density at radius 2 is 1.81 bits per heavy atom.